The predicted octanol–water partition coefficient (Wildman–Crippen LogP) is 5.08. The van der Waals surface area contributed by atoms with Crippen LogP contribution in [-0.4, -0.2) is 42.8 Å². The van der Waals surface area contributed by atoms with Gasteiger partial charge >= 0.3 is 6.09 Å². The van der Waals surface area contributed by atoms with Crippen LogP contribution in [0.4, 0.5) is 10.5 Å². The number of piperazine rings is 1. The second-order valence-electron chi connectivity index (χ2n) is 8.12. The van der Waals surface area contributed by atoms with Crippen LogP contribution in [0.2, 0.25) is 0 Å². The highest BCUT2D eigenvalue weighted by Gasteiger charge is 2.26. The van der Waals surface area contributed by atoms with Gasteiger partial charge in [0.05, 0.1) is 17.3 Å². The van der Waals surface area contributed by atoms with Crippen molar-refractivity contribution in [3.05, 3.63) is 53.6 Å². The van der Waals surface area contributed by atoms with Gasteiger partial charge in [-0.15, -0.1) is 0 Å². The van der Waals surface area contributed by atoms with Crippen LogP contribution in [0.15, 0.2) is 52.3 Å². The van der Waals surface area contributed by atoms with Gasteiger partial charge in [0.2, 0.25) is 0 Å². The molecule has 0 aromatic heterocycles. The maximum absolute atomic E-state index is 12.3. The zero-order chi connectivity index (χ0) is 21.0. The summed E-state index contributed by atoms with van der Waals surface area (Å²) < 4.78 is 5.49. The molecular formula is C23H27N3O2S. The van der Waals surface area contributed by atoms with Crippen LogP contribution >= 0.6 is 11.8 Å². The fourth-order valence-corrected chi connectivity index (χ4v) is 4.25. The minimum absolute atomic E-state index is 0.243. The van der Waals surface area contributed by atoms with Crippen molar-refractivity contribution in [2.45, 2.75) is 43.1 Å². The van der Waals surface area contributed by atoms with Crippen LogP contribution in [-0.2, 0) is 4.74 Å². The number of anilines is 1. The molecule has 3 rings (SSSR count). The summed E-state index contributed by atoms with van der Waals surface area (Å²) >= 11 is 1.71. The van der Waals surface area contributed by atoms with Crippen LogP contribution in [0.1, 0.15) is 31.9 Å². The summed E-state index contributed by atoms with van der Waals surface area (Å²) in [7, 11) is 0. The molecule has 1 saturated heterocycles. The molecule has 1 heterocycles. The summed E-state index contributed by atoms with van der Waals surface area (Å²) in [4.78, 5) is 18.7. The highest BCUT2D eigenvalue weighted by atomic mass is 32.2. The molecule has 1 fully saturated rings. The first-order valence-corrected chi connectivity index (χ1v) is 10.6. The van der Waals surface area contributed by atoms with Crippen LogP contribution < -0.4 is 4.90 Å². The van der Waals surface area contributed by atoms with E-state index in [2.05, 4.69) is 23.1 Å². The molecule has 2 aromatic carbocycles. The van der Waals surface area contributed by atoms with E-state index in [9.17, 15) is 4.79 Å². The Morgan fingerprint density at radius 1 is 1.07 bits per heavy atom. The number of benzene rings is 2. The number of aryl methyl sites for hydroxylation is 1. The summed E-state index contributed by atoms with van der Waals surface area (Å²) in [5.41, 5.74) is 2.47. The first kappa shape index (κ1) is 21.1. The number of ether oxygens (including phenoxy) is 1. The van der Waals surface area contributed by atoms with E-state index in [1.54, 1.807) is 16.7 Å². The monoisotopic (exact) mass is 409 g/mol. The maximum atomic E-state index is 12.3. The lowest BCUT2D eigenvalue weighted by Gasteiger charge is -2.37. The molecule has 6 heteroatoms. The van der Waals surface area contributed by atoms with Crippen LogP contribution in [0.25, 0.3) is 0 Å². The van der Waals surface area contributed by atoms with Crippen molar-refractivity contribution in [3.8, 4) is 6.07 Å². The highest BCUT2D eigenvalue weighted by Crippen LogP contribution is 2.37. The van der Waals surface area contributed by atoms with E-state index in [1.807, 2.05) is 58.0 Å². The van der Waals surface area contributed by atoms with Gasteiger partial charge in [-0.25, -0.2) is 4.79 Å². The fourth-order valence-electron chi connectivity index (χ4n) is 3.21. The number of carbonyl (C=O) groups excluding carboxylic acids is 1. The van der Waals surface area contributed by atoms with Gasteiger partial charge in [0.25, 0.3) is 0 Å². The van der Waals surface area contributed by atoms with Crippen molar-refractivity contribution < 1.29 is 9.53 Å². The lowest BCUT2D eigenvalue weighted by atomic mass is 10.2. The maximum Gasteiger partial charge on any atom is 0.410 e. The molecule has 5 nitrogen and oxygen atoms in total. The molecule has 0 radical (unpaired) electrons. The number of hydrogen-bond acceptors (Lipinski definition) is 5. The number of para-hydroxylation sites is 1. The molecule has 1 aliphatic rings. The Kier molecular flexibility index (Phi) is 6.39. The summed E-state index contributed by atoms with van der Waals surface area (Å²) in [6, 6.07) is 16.3. The van der Waals surface area contributed by atoms with E-state index in [4.69, 9.17) is 10.00 Å². The Morgan fingerprint density at radius 2 is 1.76 bits per heavy atom. The first-order chi connectivity index (χ1) is 13.8. The molecule has 0 saturated carbocycles. The molecule has 29 heavy (non-hydrogen) atoms. The van der Waals surface area contributed by atoms with Gasteiger partial charge in [-0.05, 0) is 63.6 Å². The highest BCUT2D eigenvalue weighted by molar-refractivity contribution is 7.99. The normalized spacial score (nSPS) is 14.4. The molecule has 2 aromatic rings. The third-order valence-electron chi connectivity index (χ3n) is 4.66. The standard InChI is InChI=1S/C23H27N3O2S/c1-17-15-18(16-24)9-10-20(17)29-21-8-6-5-7-19(21)25-11-13-26(14-12-25)22(27)28-23(2,3)4/h5-10,15H,11-14H2,1-4H3. The van der Waals surface area contributed by atoms with Gasteiger partial charge in [-0.1, -0.05) is 23.9 Å². The van der Waals surface area contributed by atoms with E-state index in [0.717, 1.165) is 23.5 Å². The number of rotatable bonds is 3. The minimum Gasteiger partial charge on any atom is -0.444 e. The quantitative estimate of drug-likeness (QED) is 0.708. The van der Waals surface area contributed by atoms with Crippen molar-refractivity contribution in [2.75, 3.05) is 31.1 Å². The summed E-state index contributed by atoms with van der Waals surface area (Å²) in [5, 5.41) is 9.08. The number of hydrogen-bond donors (Lipinski definition) is 0. The average Bonchev–Trinajstić information content (AvgIpc) is 2.69. The van der Waals surface area contributed by atoms with Crippen LogP contribution in [0.3, 0.4) is 0 Å². The van der Waals surface area contributed by atoms with Gasteiger partial charge in [-0.3, -0.25) is 0 Å². The molecule has 0 bridgehead atoms. The van der Waals surface area contributed by atoms with E-state index in [-0.39, 0.29) is 6.09 Å². The number of amides is 1. The smallest absolute Gasteiger partial charge is 0.410 e. The lowest BCUT2D eigenvalue weighted by molar-refractivity contribution is 0.0240. The number of nitrogens with zero attached hydrogens (tertiary/aromatic N) is 3. The summed E-state index contributed by atoms with van der Waals surface area (Å²) in [6.45, 7) is 10.5. The predicted molar refractivity (Wildman–Crippen MR) is 116 cm³/mol. The lowest BCUT2D eigenvalue weighted by Crippen LogP contribution is -2.50. The van der Waals surface area contributed by atoms with Crippen molar-refractivity contribution in [3.63, 3.8) is 0 Å². The molecular weight excluding hydrogens is 382 g/mol. The van der Waals surface area contributed by atoms with Crippen LogP contribution in [0, 0.1) is 18.3 Å². The van der Waals surface area contributed by atoms with Crippen molar-refractivity contribution in [1.82, 2.24) is 4.90 Å². The van der Waals surface area contributed by atoms with E-state index in [0.29, 0.717) is 18.7 Å². The van der Waals surface area contributed by atoms with Gasteiger partial charge in [0, 0.05) is 36.0 Å². The van der Waals surface area contributed by atoms with Gasteiger partial charge in [0.1, 0.15) is 5.60 Å². The Bertz CT molecular complexity index is 922. The molecule has 152 valence electrons. The molecule has 0 aliphatic carbocycles. The average molecular weight is 410 g/mol. The largest absolute Gasteiger partial charge is 0.444 e. The molecule has 0 N–H and O–H groups in total. The molecule has 1 aliphatic heterocycles. The molecule has 1 amide bonds. The zero-order valence-corrected chi connectivity index (χ0v) is 18.3. The van der Waals surface area contributed by atoms with E-state index in [1.165, 1.54) is 10.6 Å². The Labute approximate surface area is 177 Å². The summed E-state index contributed by atoms with van der Waals surface area (Å²) in [5.74, 6) is 0. The SMILES string of the molecule is Cc1cc(C#N)ccc1Sc1ccccc1N1CCN(C(=O)OC(C)(C)C)CC1. The Hall–Kier alpha value is -2.65. The molecule has 0 unspecified atom stereocenters. The van der Waals surface area contributed by atoms with Crippen molar-refractivity contribution >= 4 is 23.5 Å². The summed E-state index contributed by atoms with van der Waals surface area (Å²) in [6.07, 6.45) is -0.243. The third-order valence-corrected chi connectivity index (χ3v) is 5.90. The van der Waals surface area contributed by atoms with Gasteiger partial charge < -0.3 is 14.5 Å². The third kappa shape index (κ3) is 5.45. The van der Waals surface area contributed by atoms with Gasteiger partial charge in [0.15, 0.2) is 0 Å². The van der Waals surface area contributed by atoms with Gasteiger partial charge in [-0.2, -0.15) is 5.26 Å². The topological polar surface area (TPSA) is 56.6 Å². The van der Waals surface area contributed by atoms with Crippen molar-refractivity contribution in [1.29, 1.82) is 5.26 Å². The number of carbonyl (C=O) groups is 1. The van der Waals surface area contributed by atoms with Crippen molar-refractivity contribution in [2.24, 2.45) is 0 Å². The second kappa shape index (κ2) is 8.79. The Morgan fingerprint density at radius 3 is 2.38 bits per heavy atom. The second-order valence-corrected chi connectivity index (χ2v) is 9.20. The van der Waals surface area contributed by atoms with Crippen LogP contribution in [0.5, 0.6) is 0 Å². The minimum atomic E-state index is -0.476. The van der Waals surface area contributed by atoms with E-state index >= 15 is 0 Å². The first-order valence-electron chi connectivity index (χ1n) is 9.77. The molecule has 0 spiro atoms. The Balaban J connectivity index is 1.70. The number of nitriles is 1. The fraction of sp³-hybridized carbons (Fsp3) is 0.391. The zero-order valence-electron chi connectivity index (χ0n) is 17.4. The molecule has 0 atom stereocenters. The van der Waals surface area contributed by atoms with E-state index < -0.39 is 5.60 Å².